The Morgan fingerprint density at radius 3 is 2.76 bits per heavy atom. The van der Waals surface area contributed by atoms with Gasteiger partial charge in [-0.05, 0) is 80.0 Å². The fourth-order valence-corrected chi connectivity index (χ4v) is 6.97. The van der Waals surface area contributed by atoms with Crippen LogP contribution in [-0.2, 0) is 0 Å². The van der Waals surface area contributed by atoms with Gasteiger partial charge in [0.2, 0.25) is 0 Å². The van der Waals surface area contributed by atoms with Crippen LogP contribution in [0.4, 0.5) is 0 Å². The van der Waals surface area contributed by atoms with Crippen molar-refractivity contribution in [3.63, 3.8) is 0 Å². The van der Waals surface area contributed by atoms with E-state index in [1.165, 1.54) is 57.8 Å². The van der Waals surface area contributed by atoms with Crippen LogP contribution in [0.25, 0.3) is 0 Å². The van der Waals surface area contributed by atoms with E-state index in [4.69, 9.17) is 6.42 Å². The van der Waals surface area contributed by atoms with E-state index in [1.54, 1.807) is 0 Å². The van der Waals surface area contributed by atoms with Gasteiger partial charge >= 0.3 is 0 Å². The molecule has 0 amide bonds. The Kier molecular flexibility index (Phi) is 3.08. The molecule has 3 saturated carbocycles. The van der Waals surface area contributed by atoms with E-state index in [1.807, 2.05) is 5.57 Å². The molecule has 0 N–H and O–H groups in total. The largest absolute Gasteiger partial charge is 0.120 e. The molecule has 0 spiro atoms. The highest BCUT2D eigenvalue weighted by molar-refractivity contribution is 5.25. The monoisotopic (exact) mass is 282 g/mol. The number of hydrogen-bond acceptors (Lipinski definition) is 0. The van der Waals surface area contributed by atoms with Crippen molar-refractivity contribution in [1.29, 1.82) is 0 Å². The van der Waals surface area contributed by atoms with Crippen LogP contribution in [0, 0.1) is 46.8 Å². The highest BCUT2D eigenvalue weighted by atomic mass is 14.6. The second-order valence-corrected chi connectivity index (χ2v) is 8.81. The number of fused-ring (bicyclic) bond motifs is 5. The normalized spacial score (nSPS) is 52.1. The average Bonchev–Trinajstić information content (AvgIpc) is 2.83. The van der Waals surface area contributed by atoms with Gasteiger partial charge in [-0.25, -0.2) is 0 Å². The molecular weight excluding hydrogens is 252 g/mol. The van der Waals surface area contributed by atoms with Crippen LogP contribution in [0.1, 0.15) is 71.6 Å². The third-order valence-electron chi connectivity index (χ3n) is 8.22. The maximum absolute atomic E-state index is 5.86. The summed E-state index contributed by atoms with van der Waals surface area (Å²) in [4.78, 5) is 0. The van der Waals surface area contributed by atoms with E-state index >= 15 is 0 Å². The zero-order chi connectivity index (χ0) is 14.7. The van der Waals surface area contributed by atoms with Crippen LogP contribution in [0.2, 0.25) is 0 Å². The van der Waals surface area contributed by atoms with Crippen LogP contribution in [-0.4, -0.2) is 0 Å². The smallest absolute Gasteiger partial charge is 0.0256 e. The molecule has 21 heavy (non-hydrogen) atoms. The van der Waals surface area contributed by atoms with Gasteiger partial charge in [-0.15, -0.1) is 12.3 Å². The van der Waals surface area contributed by atoms with Gasteiger partial charge in [0, 0.05) is 5.92 Å². The number of allylic oxidation sites excluding steroid dienone is 2. The standard InChI is InChI=1S/C21H30/c1-4-15-9-11-18-17-10-8-16-7-5-6-13-20(16,2)19(17)12-14-21(15,18)3/h1,8,15,17-19H,5-7,9-14H2,2-3H3/t15-,17+,18+,19+,20+,21-/m1/s1. The summed E-state index contributed by atoms with van der Waals surface area (Å²) in [5, 5.41) is 0. The lowest BCUT2D eigenvalue weighted by Crippen LogP contribution is -2.49. The van der Waals surface area contributed by atoms with Crippen LogP contribution >= 0.6 is 0 Å². The Hall–Kier alpha value is -0.700. The fourth-order valence-electron chi connectivity index (χ4n) is 6.97. The Bertz CT molecular complexity index is 507. The topological polar surface area (TPSA) is 0 Å². The van der Waals surface area contributed by atoms with E-state index in [0.29, 0.717) is 16.7 Å². The second kappa shape index (κ2) is 4.65. The van der Waals surface area contributed by atoms with Crippen molar-refractivity contribution in [1.82, 2.24) is 0 Å². The van der Waals surface area contributed by atoms with Crippen molar-refractivity contribution in [3.05, 3.63) is 11.6 Å². The van der Waals surface area contributed by atoms with Gasteiger partial charge in [0.15, 0.2) is 0 Å². The predicted molar refractivity (Wildman–Crippen MR) is 88.6 cm³/mol. The second-order valence-electron chi connectivity index (χ2n) is 8.81. The third-order valence-corrected chi connectivity index (χ3v) is 8.22. The zero-order valence-electron chi connectivity index (χ0n) is 13.8. The lowest BCUT2D eigenvalue weighted by Gasteiger charge is -2.57. The molecule has 4 aliphatic rings. The molecule has 0 heteroatoms. The number of hydrogen-bond donors (Lipinski definition) is 0. The lowest BCUT2D eigenvalue weighted by atomic mass is 9.47. The number of terminal acetylenes is 1. The quantitative estimate of drug-likeness (QED) is 0.401. The third kappa shape index (κ3) is 1.76. The van der Waals surface area contributed by atoms with Gasteiger partial charge in [0.25, 0.3) is 0 Å². The summed E-state index contributed by atoms with van der Waals surface area (Å²) in [6.07, 6.45) is 21.1. The number of rotatable bonds is 0. The Morgan fingerprint density at radius 1 is 1.10 bits per heavy atom. The summed E-state index contributed by atoms with van der Waals surface area (Å²) in [6.45, 7) is 5.12. The van der Waals surface area contributed by atoms with Gasteiger partial charge in [0.05, 0.1) is 0 Å². The van der Waals surface area contributed by atoms with E-state index < -0.39 is 0 Å². The van der Waals surface area contributed by atoms with Crippen molar-refractivity contribution in [2.75, 3.05) is 0 Å². The molecule has 0 aromatic carbocycles. The lowest BCUT2D eigenvalue weighted by molar-refractivity contribution is -0.0335. The van der Waals surface area contributed by atoms with Gasteiger partial charge in [-0.3, -0.25) is 0 Å². The fraction of sp³-hybridized carbons (Fsp3) is 0.810. The zero-order valence-corrected chi connectivity index (χ0v) is 13.8. The maximum Gasteiger partial charge on any atom is 0.0256 e. The van der Waals surface area contributed by atoms with Crippen molar-refractivity contribution < 1.29 is 0 Å². The minimum atomic E-state index is 0.451. The van der Waals surface area contributed by atoms with Crippen LogP contribution in [0.15, 0.2) is 11.6 Å². The molecule has 0 aromatic heterocycles. The Morgan fingerprint density at radius 2 is 1.95 bits per heavy atom. The van der Waals surface area contributed by atoms with Gasteiger partial charge in [0.1, 0.15) is 0 Å². The summed E-state index contributed by atoms with van der Waals surface area (Å²) in [5.74, 6) is 6.47. The summed E-state index contributed by atoms with van der Waals surface area (Å²) in [5.41, 5.74) is 2.81. The van der Waals surface area contributed by atoms with Gasteiger partial charge in [-0.2, -0.15) is 0 Å². The summed E-state index contributed by atoms with van der Waals surface area (Å²) < 4.78 is 0. The molecule has 114 valence electrons. The molecule has 4 rings (SSSR count). The molecule has 3 fully saturated rings. The van der Waals surface area contributed by atoms with Crippen LogP contribution < -0.4 is 0 Å². The molecule has 0 aliphatic heterocycles. The van der Waals surface area contributed by atoms with E-state index in [9.17, 15) is 0 Å². The van der Waals surface area contributed by atoms with E-state index in [0.717, 1.165) is 17.8 Å². The predicted octanol–water partition coefficient (Wildman–Crippen LogP) is 5.59. The molecule has 0 unspecified atom stereocenters. The minimum absolute atomic E-state index is 0.451. The van der Waals surface area contributed by atoms with Gasteiger partial charge < -0.3 is 0 Å². The Balaban J connectivity index is 1.69. The molecule has 0 radical (unpaired) electrons. The summed E-state index contributed by atoms with van der Waals surface area (Å²) in [7, 11) is 0. The Labute approximate surface area is 130 Å². The first kappa shape index (κ1) is 13.9. The van der Waals surface area contributed by atoms with Crippen molar-refractivity contribution in [2.45, 2.75) is 71.6 Å². The first-order valence-electron chi connectivity index (χ1n) is 9.25. The molecule has 6 atom stereocenters. The maximum atomic E-state index is 5.86. The molecule has 0 bridgehead atoms. The molecular formula is C21H30. The molecule has 0 aromatic rings. The van der Waals surface area contributed by atoms with Crippen molar-refractivity contribution in [2.24, 2.45) is 34.5 Å². The first-order chi connectivity index (χ1) is 10.1. The van der Waals surface area contributed by atoms with Crippen molar-refractivity contribution in [3.8, 4) is 12.3 Å². The first-order valence-corrected chi connectivity index (χ1v) is 9.25. The molecule has 4 aliphatic carbocycles. The molecule has 0 saturated heterocycles. The highest BCUT2D eigenvalue weighted by Gasteiger charge is 2.57. The average molecular weight is 282 g/mol. The highest BCUT2D eigenvalue weighted by Crippen LogP contribution is 2.66. The SMILES string of the molecule is C#C[C@@H]1CC[C@H]2[C@@H]3CC=C4CCCC[C@]4(C)[C@H]3CC[C@]12C. The van der Waals surface area contributed by atoms with Crippen LogP contribution in [0.3, 0.4) is 0 Å². The van der Waals surface area contributed by atoms with Crippen molar-refractivity contribution >= 4 is 0 Å². The molecule has 0 nitrogen and oxygen atoms in total. The van der Waals surface area contributed by atoms with E-state index in [2.05, 4.69) is 25.8 Å². The summed E-state index contributed by atoms with van der Waals surface area (Å²) >= 11 is 0. The van der Waals surface area contributed by atoms with Gasteiger partial charge in [-0.1, -0.05) is 31.9 Å². The summed E-state index contributed by atoms with van der Waals surface area (Å²) in [6, 6.07) is 0. The van der Waals surface area contributed by atoms with E-state index in [-0.39, 0.29) is 0 Å². The molecule has 0 heterocycles. The van der Waals surface area contributed by atoms with Crippen LogP contribution in [0.5, 0.6) is 0 Å². The minimum Gasteiger partial charge on any atom is -0.120 e.